The van der Waals surface area contributed by atoms with Crippen molar-refractivity contribution in [3.8, 4) is 0 Å². The molecule has 1 fully saturated rings. The van der Waals surface area contributed by atoms with Crippen LogP contribution in [0, 0.1) is 5.92 Å². The minimum atomic E-state index is -0.605. The van der Waals surface area contributed by atoms with Crippen molar-refractivity contribution in [3.05, 3.63) is 44.5 Å². The van der Waals surface area contributed by atoms with Crippen molar-refractivity contribution in [2.75, 3.05) is 0 Å². The average molecular weight is 351 g/mol. The maximum atomic E-state index is 11.4. The second-order valence-corrected chi connectivity index (χ2v) is 7.01. The van der Waals surface area contributed by atoms with E-state index in [4.69, 9.17) is 0 Å². The molecule has 1 aliphatic rings. The third-order valence-electron chi connectivity index (χ3n) is 4.41. The number of hydrogen-bond donors (Lipinski definition) is 2. The normalized spacial score (nSPS) is 17.4. The van der Waals surface area contributed by atoms with Gasteiger partial charge in [0, 0.05) is 4.83 Å². The van der Waals surface area contributed by atoms with Crippen LogP contribution in [0.5, 0.6) is 0 Å². The maximum Gasteiger partial charge on any atom is 0.314 e. The van der Waals surface area contributed by atoms with Gasteiger partial charge in [0.1, 0.15) is 0 Å². The number of hydrogen-bond acceptors (Lipinski definition) is 2. The lowest BCUT2D eigenvalue weighted by Gasteiger charge is -2.14. The number of rotatable bonds is 4. The van der Waals surface area contributed by atoms with Crippen LogP contribution >= 0.6 is 15.9 Å². The standard InChI is InChI=1S/C16H19BrN2O2/c17-12(7-5-10-3-1-2-4-10)11-6-8-13-14(9-11)19-16(21)15(20)18-13/h6,8-10,12H,1-5,7H2,(H,18,20)(H,19,21). The molecule has 0 radical (unpaired) electrons. The van der Waals surface area contributed by atoms with E-state index in [0.717, 1.165) is 17.9 Å². The lowest BCUT2D eigenvalue weighted by atomic mass is 9.98. The molecule has 1 aromatic carbocycles. The number of halogens is 1. The van der Waals surface area contributed by atoms with E-state index in [1.54, 1.807) is 0 Å². The molecule has 0 amide bonds. The Morgan fingerprint density at radius 3 is 2.48 bits per heavy atom. The molecular formula is C16H19BrN2O2. The van der Waals surface area contributed by atoms with Gasteiger partial charge in [-0.15, -0.1) is 0 Å². The van der Waals surface area contributed by atoms with Crippen LogP contribution in [-0.2, 0) is 0 Å². The van der Waals surface area contributed by atoms with Gasteiger partial charge in [0.2, 0.25) is 0 Å². The summed E-state index contributed by atoms with van der Waals surface area (Å²) >= 11 is 3.75. The quantitative estimate of drug-likeness (QED) is 0.653. The van der Waals surface area contributed by atoms with Crippen LogP contribution in [0.4, 0.5) is 0 Å². The molecule has 1 unspecified atom stereocenters. The molecule has 0 spiro atoms. The van der Waals surface area contributed by atoms with E-state index in [-0.39, 0.29) is 4.83 Å². The van der Waals surface area contributed by atoms with Crippen molar-refractivity contribution in [2.45, 2.75) is 43.4 Å². The van der Waals surface area contributed by atoms with Crippen LogP contribution in [0.2, 0.25) is 0 Å². The topological polar surface area (TPSA) is 65.7 Å². The van der Waals surface area contributed by atoms with Gasteiger partial charge in [-0.2, -0.15) is 0 Å². The highest BCUT2D eigenvalue weighted by atomic mass is 79.9. The van der Waals surface area contributed by atoms with Crippen molar-refractivity contribution in [2.24, 2.45) is 5.92 Å². The Labute approximate surface area is 131 Å². The molecule has 5 heteroatoms. The highest BCUT2D eigenvalue weighted by Gasteiger charge is 2.17. The molecular weight excluding hydrogens is 332 g/mol. The van der Waals surface area contributed by atoms with Gasteiger partial charge in [0.25, 0.3) is 0 Å². The molecule has 0 bridgehead atoms. The predicted octanol–water partition coefficient (Wildman–Crippen LogP) is 3.62. The Kier molecular flexibility index (Phi) is 4.29. The van der Waals surface area contributed by atoms with Gasteiger partial charge in [-0.3, -0.25) is 9.59 Å². The molecule has 0 aliphatic heterocycles. The highest BCUT2D eigenvalue weighted by Crippen LogP contribution is 2.35. The second-order valence-electron chi connectivity index (χ2n) is 5.91. The molecule has 112 valence electrons. The number of fused-ring (bicyclic) bond motifs is 1. The van der Waals surface area contributed by atoms with Gasteiger partial charge in [-0.25, -0.2) is 0 Å². The van der Waals surface area contributed by atoms with Gasteiger partial charge in [-0.1, -0.05) is 47.7 Å². The summed E-state index contributed by atoms with van der Waals surface area (Å²) in [6.45, 7) is 0. The van der Waals surface area contributed by atoms with E-state index < -0.39 is 11.1 Å². The number of nitrogens with one attached hydrogen (secondary N) is 2. The minimum Gasteiger partial charge on any atom is -0.316 e. The zero-order valence-corrected chi connectivity index (χ0v) is 13.4. The number of aromatic nitrogens is 2. The molecule has 2 N–H and O–H groups in total. The van der Waals surface area contributed by atoms with Crippen molar-refractivity contribution in [1.29, 1.82) is 0 Å². The molecule has 1 aliphatic carbocycles. The zero-order chi connectivity index (χ0) is 14.8. The smallest absolute Gasteiger partial charge is 0.314 e. The highest BCUT2D eigenvalue weighted by molar-refractivity contribution is 9.09. The summed E-state index contributed by atoms with van der Waals surface area (Å²) in [6.07, 6.45) is 7.84. The van der Waals surface area contributed by atoms with Crippen LogP contribution in [-0.4, -0.2) is 9.97 Å². The Morgan fingerprint density at radius 2 is 1.76 bits per heavy atom. The average Bonchev–Trinajstić information content (AvgIpc) is 2.99. The van der Waals surface area contributed by atoms with Crippen LogP contribution < -0.4 is 11.1 Å². The summed E-state index contributed by atoms with van der Waals surface area (Å²) < 4.78 is 0. The van der Waals surface area contributed by atoms with E-state index in [9.17, 15) is 9.59 Å². The fraction of sp³-hybridized carbons (Fsp3) is 0.500. The van der Waals surface area contributed by atoms with E-state index >= 15 is 0 Å². The summed E-state index contributed by atoms with van der Waals surface area (Å²) in [5, 5.41) is 0. The Bertz CT molecular complexity index is 744. The van der Waals surface area contributed by atoms with Gasteiger partial charge in [0.05, 0.1) is 11.0 Å². The number of H-pyrrole nitrogens is 2. The number of benzene rings is 1. The Balaban J connectivity index is 1.77. The van der Waals surface area contributed by atoms with E-state index in [1.807, 2.05) is 18.2 Å². The third-order valence-corrected chi connectivity index (χ3v) is 5.40. The second kappa shape index (κ2) is 6.18. The third kappa shape index (κ3) is 3.28. The first-order valence-corrected chi connectivity index (χ1v) is 8.45. The van der Waals surface area contributed by atoms with Crippen molar-refractivity contribution < 1.29 is 0 Å². The summed E-state index contributed by atoms with van der Waals surface area (Å²) in [6, 6.07) is 5.80. The van der Waals surface area contributed by atoms with Crippen LogP contribution in [0.15, 0.2) is 27.8 Å². The van der Waals surface area contributed by atoms with Crippen LogP contribution in [0.25, 0.3) is 11.0 Å². The van der Waals surface area contributed by atoms with Crippen molar-refractivity contribution in [1.82, 2.24) is 9.97 Å². The van der Waals surface area contributed by atoms with Gasteiger partial charge >= 0.3 is 11.1 Å². The molecule has 1 aromatic heterocycles. The molecule has 3 rings (SSSR count). The monoisotopic (exact) mass is 350 g/mol. The fourth-order valence-electron chi connectivity index (χ4n) is 3.18. The van der Waals surface area contributed by atoms with Crippen LogP contribution in [0.1, 0.15) is 48.9 Å². The van der Waals surface area contributed by atoms with Gasteiger partial charge in [-0.05, 0) is 36.5 Å². The molecule has 4 nitrogen and oxygen atoms in total. The SMILES string of the molecule is O=c1[nH]c2ccc(C(Br)CCC3CCCC3)cc2[nH]c1=O. The van der Waals surface area contributed by atoms with E-state index in [2.05, 4.69) is 25.9 Å². The Morgan fingerprint density at radius 1 is 1.10 bits per heavy atom. The summed E-state index contributed by atoms with van der Waals surface area (Å²) in [7, 11) is 0. The van der Waals surface area contributed by atoms with E-state index in [1.165, 1.54) is 32.1 Å². The molecule has 1 atom stereocenters. The van der Waals surface area contributed by atoms with Crippen molar-refractivity contribution in [3.63, 3.8) is 0 Å². The molecule has 0 saturated heterocycles. The van der Waals surface area contributed by atoms with Crippen molar-refractivity contribution >= 4 is 27.0 Å². The number of alkyl halides is 1. The molecule has 21 heavy (non-hydrogen) atoms. The minimum absolute atomic E-state index is 0.290. The first-order valence-electron chi connectivity index (χ1n) is 7.54. The molecule has 1 saturated carbocycles. The molecule has 1 heterocycles. The largest absolute Gasteiger partial charge is 0.316 e. The zero-order valence-electron chi connectivity index (χ0n) is 11.8. The number of aromatic amines is 2. The lowest BCUT2D eigenvalue weighted by molar-refractivity contribution is 0.483. The summed E-state index contributed by atoms with van der Waals surface area (Å²) in [5.74, 6) is 0.877. The predicted molar refractivity (Wildman–Crippen MR) is 88.0 cm³/mol. The summed E-state index contributed by atoms with van der Waals surface area (Å²) in [5.41, 5.74) is 1.29. The van der Waals surface area contributed by atoms with Gasteiger partial charge < -0.3 is 9.97 Å². The first kappa shape index (κ1) is 14.6. The first-order chi connectivity index (χ1) is 10.1. The van der Waals surface area contributed by atoms with Gasteiger partial charge in [0.15, 0.2) is 0 Å². The van der Waals surface area contributed by atoms with Crippen LogP contribution in [0.3, 0.4) is 0 Å². The fourth-order valence-corrected chi connectivity index (χ4v) is 3.72. The molecule has 2 aromatic rings. The maximum absolute atomic E-state index is 11.4. The Hall–Kier alpha value is -1.36. The van der Waals surface area contributed by atoms with E-state index in [0.29, 0.717) is 11.0 Å². The summed E-state index contributed by atoms with van der Waals surface area (Å²) in [4.78, 5) is 28.2. The lowest BCUT2D eigenvalue weighted by Crippen LogP contribution is -2.28.